The molecule has 0 saturated heterocycles. The van der Waals surface area contributed by atoms with Crippen molar-refractivity contribution in [3.63, 3.8) is 0 Å². The van der Waals surface area contributed by atoms with Crippen molar-refractivity contribution < 1.29 is 24.1 Å². The first-order valence-corrected chi connectivity index (χ1v) is 9.74. The van der Waals surface area contributed by atoms with Gasteiger partial charge in [0.15, 0.2) is 11.5 Å². The maximum absolute atomic E-state index is 11.0. The number of benzene rings is 3. The van der Waals surface area contributed by atoms with Crippen LogP contribution in [0.25, 0.3) is 10.9 Å². The average Bonchev–Trinajstić information content (AvgIpc) is 2.80. The number of aryl methyl sites for hydroxylation is 1. The molecule has 4 aromatic rings. The quantitative estimate of drug-likeness (QED) is 0.361. The van der Waals surface area contributed by atoms with E-state index in [-0.39, 0.29) is 18.0 Å². The van der Waals surface area contributed by atoms with Gasteiger partial charge >= 0.3 is 5.97 Å². The highest BCUT2D eigenvalue weighted by atomic mass is 35.5. The van der Waals surface area contributed by atoms with Crippen molar-refractivity contribution in [1.82, 2.24) is 9.97 Å². The fourth-order valence-electron chi connectivity index (χ4n) is 3.25. The molecule has 0 amide bonds. The normalized spacial score (nSPS) is 10.3. The first kappa shape index (κ1) is 23.6. The van der Waals surface area contributed by atoms with Crippen LogP contribution in [0.1, 0.15) is 15.9 Å². The Hall–Kier alpha value is -4.04. The van der Waals surface area contributed by atoms with E-state index in [1.165, 1.54) is 18.5 Å². The third kappa shape index (κ3) is 5.07. The minimum atomic E-state index is -0.975. The number of aromatic nitrogens is 2. The van der Waals surface area contributed by atoms with Crippen LogP contribution < -0.4 is 19.5 Å². The van der Waals surface area contributed by atoms with Gasteiger partial charge in [0.1, 0.15) is 23.6 Å². The molecule has 0 radical (unpaired) electrons. The van der Waals surface area contributed by atoms with Gasteiger partial charge in [0.05, 0.1) is 25.3 Å². The highest BCUT2D eigenvalue weighted by molar-refractivity contribution is 5.93. The number of hydrogen-bond donors (Lipinski definition) is 2. The predicted octanol–water partition coefficient (Wildman–Crippen LogP) is 5.61. The smallest absolute Gasteiger partial charge is 0.335 e. The van der Waals surface area contributed by atoms with E-state index < -0.39 is 5.97 Å². The number of ether oxygens (including phenoxy) is 3. The zero-order valence-corrected chi connectivity index (χ0v) is 19.0. The Labute approximate surface area is 196 Å². The number of hydrogen-bond acceptors (Lipinski definition) is 7. The van der Waals surface area contributed by atoms with E-state index >= 15 is 0 Å². The van der Waals surface area contributed by atoms with E-state index in [4.69, 9.17) is 19.3 Å². The molecule has 4 rings (SSSR count). The highest BCUT2D eigenvalue weighted by Gasteiger charge is 2.12. The van der Waals surface area contributed by atoms with E-state index in [0.29, 0.717) is 28.8 Å². The number of aromatic carboxylic acids is 1. The fourth-order valence-corrected chi connectivity index (χ4v) is 3.25. The molecule has 0 saturated carbocycles. The summed E-state index contributed by atoms with van der Waals surface area (Å²) in [6.07, 6.45) is 1.49. The SMILES string of the molecule is COc1cc2ncnc(Nc3ccc(Oc4ccc(C(=O)O)cc4)c(C)c3)c2cc1OC.Cl. The van der Waals surface area contributed by atoms with Gasteiger partial charge in [-0.1, -0.05) is 0 Å². The predicted molar refractivity (Wildman–Crippen MR) is 128 cm³/mol. The number of anilines is 2. The van der Waals surface area contributed by atoms with E-state index in [0.717, 1.165) is 22.2 Å². The van der Waals surface area contributed by atoms with Crippen LogP contribution in [-0.4, -0.2) is 35.3 Å². The lowest BCUT2D eigenvalue weighted by molar-refractivity contribution is 0.0697. The molecule has 170 valence electrons. The van der Waals surface area contributed by atoms with Crippen molar-refractivity contribution in [2.75, 3.05) is 19.5 Å². The monoisotopic (exact) mass is 467 g/mol. The van der Waals surface area contributed by atoms with Crippen LogP contribution in [0, 0.1) is 6.92 Å². The van der Waals surface area contributed by atoms with Crippen LogP contribution >= 0.6 is 12.4 Å². The van der Waals surface area contributed by atoms with Gasteiger partial charge in [-0.05, 0) is 61.0 Å². The minimum Gasteiger partial charge on any atom is -0.493 e. The Morgan fingerprint density at radius 3 is 2.24 bits per heavy atom. The van der Waals surface area contributed by atoms with Crippen molar-refractivity contribution in [1.29, 1.82) is 0 Å². The Kier molecular flexibility index (Phi) is 7.20. The average molecular weight is 468 g/mol. The minimum absolute atomic E-state index is 0. The van der Waals surface area contributed by atoms with Gasteiger partial charge in [-0.25, -0.2) is 14.8 Å². The molecule has 0 fully saturated rings. The largest absolute Gasteiger partial charge is 0.493 e. The molecule has 1 aromatic heterocycles. The lowest BCUT2D eigenvalue weighted by Crippen LogP contribution is -1.99. The molecule has 0 bridgehead atoms. The molecule has 3 aromatic carbocycles. The second kappa shape index (κ2) is 10.1. The standard InChI is InChI=1S/C24H21N3O5.ClH/c1-14-10-16(6-9-20(14)32-17-7-4-15(5-8-17)24(28)29)27-23-18-11-21(30-2)22(31-3)12-19(18)25-13-26-23;/h4-13H,1-3H3,(H,28,29)(H,25,26,27);1H. The number of carboxylic acids is 1. The van der Waals surface area contributed by atoms with Gasteiger partial charge in [-0.3, -0.25) is 0 Å². The maximum Gasteiger partial charge on any atom is 0.335 e. The number of nitrogens with zero attached hydrogens (tertiary/aromatic N) is 2. The Balaban J connectivity index is 0.00000306. The van der Waals surface area contributed by atoms with Gasteiger partial charge in [-0.2, -0.15) is 0 Å². The maximum atomic E-state index is 11.0. The van der Waals surface area contributed by atoms with Crippen LogP contribution in [0.3, 0.4) is 0 Å². The van der Waals surface area contributed by atoms with Crippen molar-refractivity contribution >= 4 is 40.8 Å². The first-order chi connectivity index (χ1) is 15.5. The zero-order chi connectivity index (χ0) is 22.7. The number of nitrogens with one attached hydrogen (secondary N) is 1. The molecule has 0 atom stereocenters. The number of carboxylic acid groups (broad SMARTS) is 1. The number of rotatable bonds is 7. The van der Waals surface area contributed by atoms with Crippen molar-refractivity contribution in [2.45, 2.75) is 6.92 Å². The van der Waals surface area contributed by atoms with E-state index in [9.17, 15) is 4.79 Å². The third-order valence-corrected chi connectivity index (χ3v) is 4.91. The Bertz CT molecular complexity index is 1300. The number of carbonyl (C=O) groups is 1. The zero-order valence-electron chi connectivity index (χ0n) is 18.2. The summed E-state index contributed by atoms with van der Waals surface area (Å²) in [5.74, 6) is 2.06. The molecule has 1 heterocycles. The van der Waals surface area contributed by atoms with E-state index in [1.807, 2.05) is 31.2 Å². The molecule has 33 heavy (non-hydrogen) atoms. The van der Waals surface area contributed by atoms with Crippen molar-refractivity contribution in [3.05, 3.63) is 72.1 Å². The summed E-state index contributed by atoms with van der Waals surface area (Å²) in [6, 6.07) is 15.6. The summed E-state index contributed by atoms with van der Waals surface area (Å²) >= 11 is 0. The number of methoxy groups -OCH3 is 2. The number of fused-ring (bicyclic) bond motifs is 1. The van der Waals surface area contributed by atoms with Gasteiger partial charge in [0.2, 0.25) is 0 Å². The van der Waals surface area contributed by atoms with Crippen LogP contribution in [0.5, 0.6) is 23.0 Å². The lowest BCUT2D eigenvalue weighted by atomic mass is 10.1. The van der Waals surface area contributed by atoms with Gasteiger partial charge < -0.3 is 24.6 Å². The molecular weight excluding hydrogens is 446 g/mol. The molecular formula is C24H22ClN3O5. The molecule has 8 nitrogen and oxygen atoms in total. The summed E-state index contributed by atoms with van der Waals surface area (Å²) in [5, 5.41) is 13.1. The molecule has 0 aliphatic rings. The summed E-state index contributed by atoms with van der Waals surface area (Å²) in [6.45, 7) is 1.93. The molecule has 9 heteroatoms. The van der Waals surface area contributed by atoms with Gasteiger partial charge in [0.25, 0.3) is 0 Å². The van der Waals surface area contributed by atoms with Crippen LogP contribution in [0.4, 0.5) is 11.5 Å². The van der Waals surface area contributed by atoms with Crippen molar-refractivity contribution in [2.24, 2.45) is 0 Å². The van der Waals surface area contributed by atoms with Crippen LogP contribution in [0.15, 0.2) is 60.9 Å². The molecule has 0 unspecified atom stereocenters. The molecule has 2 N–H and O–H groups in total. The van der Waals surface area contributed by atoms with Gasteiger partial charge in [-0.15, -0.1) is 12.4 Å². The Morgan fingerprint density at radius 2 is 1.61 bits per heavy atom. The number of halogens is 1. The van der Waals surface area contributed by atoms with E-state index in [1.54, 1.807) is 32.4 Å². The van der Waals surface area contributed by atoms with Gasteiger partial charge in [0, 0.05) is 17.1 Å². The Morgan fingerprint density at radius 1 is 0.909 bits per heavy atom. The van der Waals surface area contributed by atoms with Crippen LogP contribution in [-0.2, 0) is 0 Å². The second-order valence-corrected chi connectivity index (χ2v) is 6.98. The summed E-state index contributed by atoms with van der Waals surface area (Å²) in [4.78, 5) is 19.7. The second-order valence-electron chi connectivity index (χ2n) is 6.98. The summed E-state index contributed by atoms with van der Waals surface area (Å²) in [7, 11) is 3.16. The first-order valence-electron chi connectivity index (χ1n) is 9.74. The van der Waals surface area contributed by atoms with E-state index in [2.05, 4.69) is 15.3 Å². The van der Waals surface area contributed by atoms with Crippen molar-refractivity contribution in [3.8, 4) is 23.0 Å². The molecule has 0 aliphatic carbocycles. The topological polar surface area (TPSA) is 103 Å². The highest BCUT2D eigenvalue weighted by Crippen LogP contribution is 2.35. The summed E-state index contributed by atoms with van der Waals surface area (Å²) < 4.78 is 16.7. The lowest BCUT2D eigenvalue weighted by Gasteiger charge is -2.14. The fraction of sp³-hybridized carbons (Fsp3) is 0.125. The summed E-state index contributed by atoms with van der Waals surface area (Å²) in [5.41, 5.74) is 2.65. The third-order valence-electron chi connectivity index (χ3n) is 4.91. The molecule has 0 aliphatic heterocycles. The van der Waals surface area contributed by atoms with Crippen LogP contribution in [0.2, 0.25) is 0 Å². The molecule has 0 spiro atoms.